The molecule has 1 N–H and O–H groups in total. The van der Waals surface area contributed by atoms with Gasteiger partial charge in [-0.2, -0.15) is 0 Å². The number of nitrogens with one attached hydrogen (secondary N) is 1. The van der Waals surface area contributed by atoms with E-state index in [1.807, 2.05) is 14.1 Å². The molecular weight excluding hydrogens is 254 g/mol. The van der Waals surface area contributed by atoms with Crippen LogP contribution in [0.25, 0.3) is 0 Å². The number of hydrogen-bond acceptors (Lipinski definition) is 3. The molecule has 0 radical (unpaired) electrons. The highest BCUT2D eigenvalue weighted by atomic mass is 16.2. The average Bonchev–Trinajstić information content (AvgIpc) is 2.91. The van der Waals surface area contributed by atoms with Crippen molar-refractivity contribution in [2.45, 2.75) is 44.6 Å². The number of rotatable bonds is 4. The normalized spacial score (nSPS) is 21.9. The summed E-state index contributed by atoms with van der Waals surface area (Å²) in [6.45, 7) is 2.18. The minimum atomic E-state index is 0.138. The van der Waals surface area contributed by atoms with Crippen LogP contribution in [0.5, 0.6) is 0 Å². The van der Waals surface area contributed by atoms with Gasteiger partial charge in [-0.25, -0.2) is 0 Å². The summed E-state index contributed by atoms with van der Waals surface area (Å²) < 4.78 is 0. The van der Waals surface area contributed by atoms with E-state index in [4.69, 9.17) is 0 Å². The maximum atomic E-state index is 12.0. The Labute approximate surface area is 121 Å². The molecule has 1 saturated heterocycles. The standard InChI is InChI=1S/C15H27N3O2/c1-17(2)15(20)12-7-9-18(10-8-12)11-14(19)16-13-5-3-4-6-13/h12-13H,3-11H2,1-2H3,(H,16,19). The van der Waals surface area contributed by atoms with Crippen LogP contribution in [0, 0.1) is 5.92 Å². The maximum Gasteiger partial charge on any atom is 0.234 e. The third kappa shape index (κ3) is 4.20. The zero-order valence-electron chi connectivity index (χ0n) is 12.7. The van der Waals surface area contributed by atoms with Crippen LogP contribution in [-0.4, -0.2) is 61.4 Å². The van der Waals surface area contributed by atoms with Crippen LogP contribution in [0.1, 0.15) is 38.5 Å². The van der Waals surface area contributed by atoms with E-state index in [0.29, 0.717) is 12.6 Å². The second-order valence-corrected chi connectivity index (χ2v) is 6.33. The molecule has 1 aliphatic carbocycles. The molecule has 1 saturated carbocycles. The fourth-order valence-electron chi connectivity index (χ4n) is 3.25. The Kier molecular flexibility index (Phi) is 5.40. The quantitative estimate of drug-likeness (QED) is 0.831. The Morgan fingerprint density at radius 3 is 2.25 bits per heavy atom. The molecule has 2 rings (SSSR count). The smallest absolute Gasteiger partial charge is 0.234 e. The maximum absolute atomic E-state index is 12.0. The number of piperidine rings is 1. The molecule has 0 spiro atoms. The zero-order chi connectivity index (χ0) is 14.5. The summed E-state index contributed by atoms with van der Waals surface area (Å²) in [4.78, 5) is 27.7. The number of amides is 2. The molecule has 0 bridgehead atoms. The molecular formula is C15H27N3O2. The Morgan fingerprint density at radius 1 is 1.10 bits per heavy atom. The summed E-state index contributed by atoms with van der Waals surface area (Å²) in [5.74, 6) is 0.508. The van der Waals surface area contributed by atoms with Crippen LogP contribution in [0.4, 0.5) is 0 Å². The first-order valence-electron chi connectivity index (χ1n) is 7.79. The number of carbonyl (C=O) groups is 2. The minimum Gasteiger partial charge on any atom is -0.352 e. The number of likely N-dealkylation sites (tertiary alicyclic amines) is 1. The number of nitrogens with zero attached hydrogens (tertiary/aromatic N) is 2. The van der Waals surface area contributed by atoms with Gasteiger partial charge in [-0.15, -0.1) is 0 Å². The molecule has 0 aromatic heterocycles. The Morgan fingerprint density at radius 2 is 1.70 bits per heavy atom. The lowest BCUT2D eigenvalue weighted by Crippen LogP contribution is -2.45. The van der Waals surface area contributed by atoms with E-state index in [2.05, 4.69) is 10.2 Å². The van der Waals surface area contributed by atoms with Crippen molar-refractivity contribution in [3.63, 3.8) is 0 Å². The topological polar surface area (TPSA) is 52.7 Å². The van der Waals surface area contributed by atoms with E-state index in [1.165, 1.54) is 12.8 Å². The molecule has 20 heavy (non-hydrogen) atoms. The Balaban J connectivity index is 1.68. The lowest BCUT2D eigenvalue weighted by molar-refractivity contribution is -0.134. The van der Waals surface area contributed by atoms with Gasteiger partial charge in [0.15, 0.2) is 0 Å². The second kappa shape index (κ2) is 7.07. The predicted molar refractivity (Wildman–Crippen MR) is 78.3 cm³/mol. The molecule has 1 aliphatic heterocycles. The molecule has 0 aromatic carbocycles. The summed E-state index contributed by atoms with van der Waals surface area (Å²) in [7, 11) is 3.62. The first-order chi connectivity index (χ1) is 9.56. The summed E-state index contributed by atoms with van der Waals surface area (Å²) >= 11 is 0. The van der Waals surface area contributed by atoms with E-state index in [1.54, 1.807) is 4.90 Å². The summed E-state index contributed by atoms with van der Waals surface area (Å²) in [6, 6.07) is 0.398. The van der Waals surface area contributed by atoms with Crippen LogP contribution >= 0.6 is 0 Å². The molecule has 0 aromatic rings. The van der Waals surface area contributed by atoms with Gasteiger partial charge >= 0.3 is 0 Å². The van der Waals surface area contributed by atoms with E-state index in [0.717, 1.165) is 38.8 Å². The van der Waals surface area contributed by atoms with Crippen molar-refractivity contribution in [3.05, 3.63) is 0 Å². The lowest BCUT2D eigenvalue weighted by Gasteiger charge is -2.32. The lowest BCUT2D eigenvalue weighted by atomic mass is 9.95. The first-order valence-corrected chi connectivity index (χ1v) is 7.79. The minimum absolute atomic E-state index is 0.138. The highest BCUT2D eigenvalue weighted by Gasteiger charge is 2.27. The fourth-order valence-corrected chi connectivity index (χ4v) is 3.25. The monoisotopic (exact) mass is 281 g/mol. The van der Waals surface area contributed by atoms with Gasteiger partial charge in [-0.1, -0.05) is 12.8 Å². The van der Waals surface area contributed by atoms with Crippen molar-refractivity contribution < 1.29 is 9.59 Å². The summed E-state index contributed by atoms with van der Waals surface area (Å²) in [5.41, 5.74) is 0. The molecule has 0 atom stereocenters. The molecule has 5 heteroatoms. The Bertz CT molecular complexity index is 343. The van der Waals surface area contributed by atoms with Crippen molar-refractivity contribution in [2.75, 3.05) is 33.7 Å². The molecule has 2 fully saturated rings. The van der Waals surface area contributed by atoms with Gasteiger partial charge in [-0.05, 0) is 38.8 Å². The first kappa shape index (κ1) is 15.3. The highest BCUT2D eigenvalue weighted by molar-refractivity contribution is 5.79. The van der Waals surface area contributed by atoms with Gasteiger partial charge in [0.1, 0.15) is 0 Å². The van der Waals surface area contributed by atoms with Crippen molar-refractivity contribution in [1.29, 1.82) is 0 Å². The molecule has 2 aliphatic rings. The largest absolute Gasteiger partial charge is 0.352 e. The Hall–Kier alpha value is -1.10. The molecule has 114 valence electrons. The van der Waals surface area contributed by atoms with Crippen molar-refractivity contribution in [1.82, 2.24) is 15.1 Å². The highest BCUT2D eigenvalue weighted by Crippen LogP contribution is 2.19. The zero-order valence-corrected chi connectivity index (χ0v) is 12.7. The van der Waals surface area contributed by atoms with E-state index in [9.17, 15) is 9.59 Å². The molecule has 5 nitrogen and oxygen atoms in total. The van der Waals surface area contributed by atoms with Gasteiger partial charge in [-0.3, -0.25) is 14.5 Å². The van der Waals surface area contributed by atoms with E-state index in [-0.39, 0.29) is 17.7 Å². The van der Waals surface area contributed by atoms with Crippen LogP contribution < -0.4 is 5.32 Å². The fraction of sp³-hybridized carbons (Fsp3) is 0.867. The van der Waals surface area contributed by atoms with E-state index < -0.39 is 0 Å². The molecule has 1 heterocycles. The van der Waals surface area contributed by atoms with Gasteiger partial charge in [0, 0.05) is 26.1 Å². The van der Waals surface area contributed by atoms with Gasteiger partial charge < -0.3 is 10.2 Å². The summed E-state index contributed by atoms with van der Waals surface area (Å²) in [6.07, 6.45) is 6.48. The predicted octanol–water partition coefficient (Wildman–Crippen LogP) is 0.845. The van der Waals surface area contributed by atoms with Gasteiger partial charge in [0.2, 0.25) is 11.8 Å². The number of carbonyl (C=O) groups excluding carboxylic acids is 2. The average molecular weight is 281 g/mol. The van der Waals surface area contributed by atoms with E-state index >= 15 is 0 Å². The van der Waals surface area contributed by atoms with Crippen LogP contribution in [0.15, 0.2) is 0 Å². The summed E-state index contributed by atoms with van der Waals surface area (Å²) in [5, 5.41) is 3.12. The van der Waals surface area contributed by atoms with Crippen LogP contribution in [-0.2, 0) is 9.59 Å². The molecule has 2 amide bonds. The van der Waals surface area contributed by atoms with Crippen LogP contribution in [0.3, 0.4) is 0 Å². The third-order valence-electron chi connectivity index (χ3n) is 4.47. The third-order valence-corrected chi connectivity index (χ3v) is 4.47. The molecule has 0 unspecified atom stereocenters. The van der Waals surface area contributed by atoms with Crippen molar-refractivity contribution in [3.8, 4) is 0 Å². The van der Waals surface area contributed by atoms with Crippen molar-refractivity contribution >= 4 is 11.8 Å². The SMILES string of the molecule is CN(C)C(=O)C1CCN(CC(=O)NC2CCCC2)CC1. The van der Waals surface area contributed by atoms with Gasteiger partial charge in [0.25, 0.3) is 0 Å². The van der Waals surface area contributed by atoms with Crippen LogP contribution in [0.2, 0.25) is 0 Å². The number of hydrogen-bond donors (Lipinski definition) is 1. The second-order valence-electron chi connectivity index (χ2n) is 6.33. The van der Waals surface area contributed by atoms with Crippen molar-refractivity contribution in [2.24, 2.45) is 5.92 Å². The van der Waals surface area contributed by atoms with Gasteiger partial charge in [0.05, 0.1) is 6.54 Å².